The van der Waals surface area contributed by atoms with Crippen LogP contribution in [0.15, 0.2) is 25.3 Å². The summed E-state index contributed by atoms with van der Waals surface area (Å²) in [6.45, 7) is 5.95. The number of nitrogens with one attached hydrogen (secondary N) is 2. The molecule has 0 aromatic carbocycles. The highest BCUT2D eigenvalue weighted by Crippen LogP contribution is 1.81. The van der Waals surface area contributed by atoms with Gasteiger partial charge in [-0.15, -0.1) is 0 Å². The smallest absolute Gasteiger partial charge is 0.356 e. The molecule has 0 bridgehead atoms. The van der Waals surface area contributed by atoms with Crippen molar-refractivity contribution in [3.05, 3.63) is 25.3 Å². The third-order valence-corrected chi connectivity index (χ3v) is 1.33. The summed E-state index contributed by atoms with van der Waals surface area (Å²) in [5.41, 5.74) is 0. The summed E-state index contributed by atoms with van der Waals surface area (Å²) in [6, 6.07) is 0. The normalized spacial score (nSPS) is 9.94. The maximum Gasteiger partial charge on any atom is 0.356 e. The zero-order chi connectivity index (χ0) is 14.6. The molecule has 0 radical (unpaired) electrons. The summed E-state index contributed by atoms with van der Waals surface area (Å²) in [5, 5.41) is 20.8. The largest absolute Gasteiger partial charge is 0.466 e. The fourth-order valence-electron chi connectivity index (χ4n) is 0.514. The molecule has 102 valence electrons. The standard InChI is InChI=1S/C6H9NO4.C4H7NO2/c1-3-4(8)7-5(9)6(10)11-2;1-2-4(7)5-3-6/h3,5,9H,1H2,2H3,(H,7,8);2,6H,1,3H2,(H,5,7). The van der Waals surface area contributed by atoms with E-state index < -0.39 is 18.1 Å². The average molecular weight is 260 g/mol. The molecule has 0 fully saturated rings. The van der Waals surface area contributed by atoms with Crippen molar-refractivity contribution < 1.29 is 29.3 Å². The van der Waals surface area contributed by atoms with Gasteiger partial charge in [0, 0.05) is 0 Å². The van der Waals surface area contributed by atoms with Gasteiger partial charge in [-0.1, -0.05) is 13.2 Å². The molecule has 8 heteroatoms. The minimum atomic E-state index is -1.62. The van der Waals surface area contributed by atoms with Crippen molar-refractivity contribution in [3.63, 3.8) is 0 Å². The van der Waals surface area contributed by atoms with Crippen LogP contribution < -0.4 is 10.6 Å². The number of esters is 1. The molecular weight excluding hydrogens is 244 g/mol. The number of rotatable bonds is 5. The second-order valence-corrected chi connectivity index (χ2v) is 2.54. The Morgan fingerprint density at radius 3 is 2.06 bits per heavy atom. The van der Waals surface area contributed by atoms with E-state index in [0.29, 0.717) is 0 Å². The molecule has 1 atom stereocenters. The second-order valence-electron chi connectivity index (χ2n) is 2.54. The van der Waals surface area contributed by atoms with Crippen molar-refractivity contribution in [1.82, 2.24) is 10.6 Å². The van der Waals surface area contributed by atoms with Crippen molar-refractivity contribution in [2.45, 2.75) is 6.23 Å². The van der Waals surface area contributed by atoms with Crippen LogP contribution in [0.3, 0.4) is 0 Å². The number of amides is 2. The lowest BCUT2D eigenvalue weighted by Gasteiger charge is -2.07. The predicted molar refractivity (Wildman–Crippen MR) is 61.8 cm³/mol. The second kappa shape index (κ2) is 11.3. The molecule has 0 rings (SSSR count). The van der Waals surface area contributed by atoms with Gasteiger partial charge in [0.1, 0.15) is 6.73 Å². The Hall–Kier alpha value is -2.19. The molecule has 0 aliphatic carbocycles. The van der Waals surface area contributed by atoms with E-state index >= 15 is 0 Å². The summed E-state index contributed by atoms with van der Waals surface area (Å²) >= 11 is 0. The summed E-state index contributed by atoms with van der Waals surface area (Å²) in [5.74, 6) is -1.91. The molecule has 0 aliphatic heterocycles. The maximum absolute atomic E-state index is 10.4. The number of aliphatic hydroxyl groups excluding tert-OH is 2. The molecule has 0 saturated heterocycles. The number of carbonyl (C=O) groups is 3. The molecular formula is C10H16N2O6. The van der Waals surface area contributed by atoms with Crippen LogP contribution in [0.4, 0.5) is 0 Å². The monoisotopic (exact) mass is 260 g/mol. The Bertz CT molecular complexity index is 315. The first-order valence-corrected chi connectivity index (χ1v) is 4.62. The van der Waals surface area contributed by atoms with Crippen molar-refractivity contribution in [2.24, 2.45) is 0 Å². The molecule has 4 N–H and O–H groups in total. The number of ether oxygens (including phenoxy) is 1. The van der Waals surface area contributed by atoms with Crippen LogP contribution >= 0.6 is 0 Å². The van der Waals surface area contributed by atoms with Gasteiger partial charge in [0.05, 0.1) is 7.11 Å². The van der Waals surface area contributed by atoms with Crippen LogP contribution in [0, 0.1) is 0 Å². The van der Waals surface area contributed by atoms with Crippen molar-refractivity contribution in [2.75, 3.05) is 13.8 Å². The van der Waals surface area contributed by atoms with Crippen LogP contribution in [0.5, 0.6) is 0 Å². The van der Waals surface area contributed by atoms with E-state index in [1.165, 1.54) is 0 Å². The van der Waals surface area contributed by atoms with E-state index in [9.17, 15) is 14.4 Å². The molecule has 0 saturated carbocycles. The van der Waals surface area contributed by atoms with Gasteiger partial charge in [0.15, 0.2) is 0 Å². The Kier molecular flexibility index (Phi) is 11.4. The number of carbonyl (C=O) groups excluding carboxylic acids is 3. The van der Waals surface area contributed by atoms with E-state index in [1.807, 2.05) is 5.32 Å². The fourth-order valence-corrected chi connectivity index (χ4v) is 0.514. The van der Waals surface area contributed by atoms with Gasteiger partial charge in [-0.3, -0.25) is 9.59 Å². The van der Waals surface area contributed by atoms with Crippen LogP contribution in [-0.4, -0.2) is 48.1 Å². The lowest BCUT2D eigenvalue weighted by molar-refractivity contribution is -0.154. The van der Waals surface area contributed by atoms with Gasteiger partial charge >= 0.3 is 5.97 Å². The SMILES string of the molecule is C=CC(=O)NC(O)C(=O)OC.C=CC(=O)NCO. The van der Waals surface area contributed by atoms with Gasteiger partial charge in [-0.25, -0.2) is 4.79 Å². The number of hydrogen-bond donors (Lipinski definition) is 4. The molecule has 18 heavy (non-hydrogen) atoms. The van der Waals surface area contributed by atoms with Crippen molar-refractivity contribution >= 4 is 17.8 Å². The molecule has 0 aromatic rings. The number of hydrogen-bond acceptors (Lipinski definition) is 6. The van der Waals surface area contributed by atoms with Gasteiger partial charge in [0.2, 0.25) is 18.0 Å². The lowest BCUT2D eigenvalue weighted by Crippen LogP contribution is -2.40. The van der Waals surface area contributed by atoms with Crippen LogP contribution in [0.2, 0.25) is 0 Å². The maximum atomic E-state index is 10.4. The molecule has 0 aromatic heterocycles. The Morgan fingerprint density at radius 1 is 1.28 bits per heavy atom. The van der Waals surface area contributed by atoms with Gasteiger partial charge in [-0.2, -0.15) is 0 Å². The van der Waals surface area contributed by atoms with Crippen LogP contribution in [0.1, 0.15) is 0 Å². The first-order valence-electron chi connectivity index (χ1n) is 4.62. The molecule has 0 spiro atoms. The van der Waals surface area contributed by atoms with E-state index in [0.717, 1.165) is 19.3 Å². The predicted octanol–water partition coefficient (Wildman–Crippen LogP) is -1.98. The molecule has 1 unspecified atom stereocenters. The van der Waals surface area contributed by atoms with E-state index in [1.54, 1.807) is 0 Å². The third kappa shape index (κ3) is 10.3. The molecule has 8 nitrogen and oxygen atoms in total. The zero-order valence-corrected chi connectivity index (χ0v) is 9.88. The number of aliphatic hydroxyl groups is 2. The van der Waals surface area contributed by atoms with Gasteiger partial charge in [0.25, 0.3) is 0 Å². The van der Waals surface area contributed by atoms with Crippen LogP contribution in [0.25, 0.3) is 0 Å². The lowest BCUT2D eigenvalue weighted by atomic mass is 10.5. The van der Waals surface area contributed by atoms with E-state index in [2.05, 4.69) is 23.2 Å². The van der Waals surface area contributed by atoms with E-state index in [4.69, 9.17) is 10.2 Å². The third-order valence-electron chi connectivity index (χ3n) is 1.33. The first kappa shape index (κ1) is 18.2. The van der Waals surface area contributed by atoms with Gasteiger partial charge in [-0.05, 0) is 12.2 Å². The minimum absolute atomic E-state index is 0.329. The highest BCUT2D eigenvalue weighted by molar-refractivity contribution is 5.90. The summed E-state index contributed by atoms with van der Waals surface area (Å²) in [4.78, 5) is 30.9. The molecule has 0 heterocycles. The average Bonchev–Trinajstić information content (AvgIpc) is 2.38. The van der Waals surface area contributed by atoms with Crippen molar-refractivity contribution in [1.29, 1.82) is 0 Å². The fraction of sp³-hybridized carbons (Fsp3) is 0.300. The highest BCUT2D eigenvalue weighted by Gasteiger charge is 2.15. The Labute approximate surface area is 104 Å². The van der Waals surface area contributed by atoms with Crippen LogP contribution in [-0.2, 0) is 19.1 Å². The van der Waals surface area contributed by atoms with Gasteiger partial charge < -0.3 is 25.6 Å². The molecule has 2 amide bonds. The topological polar surface area (TPSA) is 125 Å². The molecule has 0 aliphatic rings. The van der Waals surface area contributed by atoms with E-state index in [-0.39, 0.29) is 12.6 Å². The quantitative estimate of drug-likeness (QED) is 0.258. The zero-order valence-electron chi connectivity index (χ0n) is 9.88. The Balaban J connectivity index is 0. The summed E-state index contributed by atoms with van der Waals surface area (Å²) in [7, 11) is 1.10. The summed E-state index contributed by atoms with van der Waals surface area (Å²) in [6.07, 6.45) is 0.410. The Morgan fingerprint density at radius 2 is 1.78 bits per heavy atom. The van der Waals surface area contributed by atoms with Crippen molar-refractivity contribution in [3.8, 4) is 0 Å². The first-order chi connectivity index (χ1) is 8.42. The minimum Gasteiger partial charge on any atom is -0.466 e. The summed E-state index contributed by atoms with van der Waals surface area (Å²) < 4.78 is 4.12. The number of methoxy groups -OCH3 is 1. The highest BCUT2D eigenvalue weighted by atomic mass is 16.5.